The van der Waals surface area contributed by atoms with Crippen LogP contribution in [0.2, 0.25) is 0 Å². The number of primary sulfonamides is 1. The second-order valence-electron chi connectivity index (χ2n) is 5.31. The van der Waals surface area contributed by atoms with Crippen LogP contribution in [0, 0.1) is 0 Å². The van der Waals surface area contributed by atoms with Gasteiger partial charge in [0.25, 0.3) is 5.91 Å². The van der Waals surface area contributed by atoms with Gasteiger partial charge < -0.3 is 10.1 Å². The van der Waals surface area contributed by atoms with Crippen LogP contribution in [0.15, 0.2) is 58.3 Å². The van der Waals surface area contributed by atoms with Crippen molar-refractivity contribution in [2.24, 2.45) is 5.14 Å². The van der Waals surface area contributed by atoms with Gasteiger partial charge in [-0.25, -0.2) is 18.4 Å². The van der Waals surface area contributed by atoms with Crippen LogP contribution in [0.25, 0.3) is 0 Å². The third-order valence-corrected chi connectivity index (χ3v) is 5.12. The van der Waals surface area contributed by atoms with Gasteiger partial charge in [0, 0.05) is 10.6 Å². The van der Waals surface area contributed by atoms with Gasteiger partial charge in [0.2, 0.25) is 10.0 Å². The molecule has 138 valence electrons. The van der Waals surface area contributed by atoms with Crippen LogP contribution < -0.4 is 10.5 Å². The van der Waals surface area contributed by atoms with E-state index < -0.39 is 28.0 Å². The van der Waals surface area contributed by atoms with Crippen LogP contribution >= 0.6 is 11.8 Å². The molecule has 0 aromatic heterocycles. The van der Waals surface area contributed by atoms with Gasteiger partial charge in [0.05, 0.1) is 10.5 Å². The lowest BCUT2D eigenvalue weighted by atomic mass is 10.2. The van der Waals surface area contributed by atoms with Crippen LogP contribution in [0.1, 0.15) is 17.3 Å². The van der Waals surface area contributed by atoms with E-state index in [-0.39, 0.29) is 10.6 Å². The molecule has 1 atom stereocenters. The summed E-state index contributed by atoms with van der Waals surface area (Å²) in [6.45, 7) is 1.43. The Balaban J connectivity index is 2.07. The topological polar surface area (TPSA) is 116 Å². The van der Waals surface area contributed by atoms with Crippen LogP contribution in [0.5, 0.6) is 0 Å². The fourth-order valence-corrected chi connectivity index (χ4v) is 3.23. The summed E-state index contributed by atoms with van der Waals surface area (Å²) in [5, 5.41) is 7.56. The largest absolute Gasteiger partial charge is 0.449 e. The molecular formula is C17H18N2O5S2. The van der Waals surface area contributed by atoms with E-state index >= 15 is 0 Å². The van der Waals surface area contributed by atoms with Crippen molar-refractivity contribution >= 4 is 39.3 Å². The predicted octanol–water partition coefficient (Wildman–Crippen LogP) is 2.24. The van der Waals surface area contributed by atoms with Crippen molar-refractivity contribution in [2.45, 2.75) is 22.8 Å². The summed E-state index contributed by atoms with van der Waals surface area (Å²) in [4.78, 5) is 25.1. The smallest absolute Gasteiger partial charge is 0.340 e. The maximum Gasteiger partial charge on any atom is 0.340 e. The Kier molecular flexibility index (Phi) is 6.41. The first kappa shape index (κ1) is 20.0. The lowest BCUT2D eigenvalue weighted by Gasteiger charge is -2.15. The fraction of sp³-hybridized carbons (Fsp3) is 0.176. The van der Waals surface area contributed by atoms with E-state index in [1.807, 2.05) is 6.26 Å². The van der Waals surface area contributed by atoms with Gasteiger partial charge in [-0.1, -0.05) is 18.2 Å². The SMILES string of the molecule is CSc1ccccc1C(=O)O[C@@H](C)C(=O)Nc1cccc(S(N)(=O)=O)c1. The maximum atomic E-state index is 12.3. The zero-order valence-electron chi connectivity index (χ0n) is 14.1. The van der Waals surface area contributed by atoms with Crippen molar-refractivity contribution < 1.29 is 22.7 Å². The molecule has 26 heavy (non-hydrogen) atoms. The Morgan fingerprint density at radius 1 is 1.15 bits per heavy atom. The number of amides is 1. The number of thioether (sulfide) groups is 1. The Morgan fingerprint density at radius 3 is 2.50 bits per heavy atom. The van der Waals surface area contributed by atoms with E-state index in [0.29, 0.717) is 5.56 Å². The molecule has 1 amide bonds. The van der Waals surface area contributed by atoms with Gasteiger partial charge in [-0.05, 0) is 43.5 Å². The summed E-state index contributed by atoms with van der Waals surface area (Å²) in [5.74, 6) is -1.21. The summed E-state index contributed by atoms with van der Waals surface area (Å²) >= 11 is 1.40. The highest BCUT2D eigenvalue weighted by Gasteiger charge is 2.21. The van der Waals surface area contributed by atoms with Gasteiger partial charge in [0.15, 0.2) is 6.10 Å². The number of carbonyl (C=O) groups is 2. The van der Waals surface area contributed by atoms with Gasteiger partial charge >= 0.3 is 5.97 Å². The molecule has 0 heterocycles. The molecule has 0 aliphatic rings. The van der Waals surface area contributed by atoms with Gasteiger partial charge in [-0.15, -0.1) is 11.8 Å². The van der Waals surface area contributed by atoms with E-state index in [0.717, 1.165) is 4.90 Å². The molecule has 2 aromatic rings. The standard InChI is InChI=1S/C17H18N2O5S2/c1-11(24-17(21)14-8-3-4-9-15(14)25-2)16(20)19-12-6-5-7-13(10-12)26(18,22)23/h3-11H,1-2H3,(H,19,20)(H2,18,22,23)/t11-/m0/s1. The first-order valence-electron chi connectivity index (χ1n) is 7.50. The van der Waals surface area contributed by atoms with Crippen LogP contribution in [-0.4, -0.2) is 32.7 Å². The van der Waals surface area contributed by atoms with Gasteiger partial charge in [0.1, 0.15) is 0 Å². The Hall–Kier alpha value is -2.36. The highest BCUT2D eigenvalue weighted by atomic mass is 32.2. The van der Waals surface area contributed by atoms with E-state index in [1.165, 1.54) is 43.0 Å². The second-order valence-corrected chi connectivity index (χ2v) is 7.72. The number of hydrogen-bond donors (Lipinski definition) is 2. The summed E-state index contributed by atoms with van der Waals surface area (Å²) < 4.78 is 27.9. The minimum Gasteiger partial charge on any atom is -0.449 e. The number of rotatable bonds is 6. The lowest BCUT2D eigenvalue weighted by Crippen LogP contribution is -2.30. The summed E-state index contributed by atoms with van der Waals surface area (Å²) in [6.07, 6.45) is 0.760. The first-order valence-corrected chi connectivity index (χ1v) is 10.3. The average Bonchev–Trinajstić information content (AvgIpc) is 2.61. The van der Waals surface area contributed by atoms with Crippen LogP contribution in [0.3, 0.4) is 0 Å². The molecule has 0 spiro atoms. The van der Waals surface area contributed by atoms with E-state index in [1.54, 1.807) is 24.3 Å². The lowest BCUT2D eigenvalue weighted by molar-refractivity contribution is -0.123. The maximum absolute atomic E-state index is 12.3. The number of sulfonamides is 1. The molecule has 0 aliphatic heterocycles. The normalized spacial score (nSPS) is 12.3. The molecule has 7 nitrogen and oxygen atoms in total. The van der Waals surface area contributed by atoms with Crippen molar-refractivity contribution in [1.82, 2.24) is 0 Å². The van der Waals surface area contributed by atoms with Crippen molar-refractivity contribution in [2.75, 3.05) is 11.6 Å². The third kappa shape index (κ3) is 5.07. The molecule has 0 saturated heterocycles. The first-order chi connectivity index (χ1) is 12.2. The Morgan fingerprint density at radius 2 is 1.85 bits per heavy atom. The van der Waals surface area contributed by atoms with Gasteiger partial charge in [-0.3, -0.25) is 4.79 Å². The van der Waals surface area contributed by atoms with Crippen LogP contribution in [0.4, 0.5) is 5.69 Å². The number of anilines is 1. The third-order valence-electron chi connectivity index (χ3n) is 3.41. The number of esters is 1. The summed E-state index contributed by atoms with van der Waals surface area (Å²) in [6, 6.07) is 12.4. The second kappa shape index (κ2) is 8.35. The van der Waals surface area contributed by atoms with Crippen LogP contribution in [-0.2, 0) is 19.6 Å². The molecule has 0 aliphatic carbocycles. The average molecular weight is 394 g/mol. The van der Waals surface area contributed by atoms with E-state index in [9.17, 15) is 18.0 Å². The Bertz CT molecular complexity index is 928. The summed E-state index contributed by atoms with van der Waals surface area (Å²) in [7, 11) is -3.88. The molecule has 2 rings (SSSR count). The minimum absolute atomic E-state index is 0.131. The van der Waals surface area contributed by atoms with Gasteiger partial charge in [-0.2, -0.15) is 0 Å². The highest BCUT2D eigenvalue weighted by molar-refractivity contribution is 7.98. The molecular weight excluding hydrogens is 376 g/mol. The molecule has 0 fully saturated rings. The number of nitrogens with one attached hydrogen (secondary N) is 1. The zero-order chi connectivity index (χ0) is 19.3. The fourth-order valence-electron chi connectivity index (χ4n) is 2.09. The van der Waals surface area contributed by atoms with Crippen molar-refractivity contribution in [1.29, 1.82) is 0 Å². The minimum atomic E-state index is -3.88. The molecule has 0 unspecified atom stereocenters. The summed E-state index contributed by atoms with van der Waals surface area (Å²) in [5.41, 5.74) is 0.602. The number of nitrogens with two attached hydrogens (primary N) is 1. The zero-order valence-corrected chi connectivity index (χ0v) is 15.8. The number of carbonyl (C=O) groups excluding carboxylic acids is 2. The number of benzene rings is 2. The molecule has 0 saturated carbocycles. The monoisotopic (exact) mass is 394 g/mol. The van der Waals surface area contributed by atoms with E-state index in [2.05, 4.69) is 5.32 Å². The molecule has 0 bridgehead atoms. The number of hydrogen-bond acceptors (Lipinski definition) is 6. The molecule has 9 heteroatoms. The quantitative estimate of drug-likeness (QED) is 0.573. The molecule has 2 aromatic carbocycles. The molecule has 0 radical (unpaired) electrons. The van der Waals surface area contributed by atoms with Crippen molar-refractivity contribution in [3.63, 3.8) is 0 Å². The number of ether oxygens (including phenoxy) is 1. The molecule has 3 N–H and O–H groups in total. The highest BCUT2D eigenvalue weighted by Crippen LogP contribution is 2.21. The van der Waals surface area contributed by atoms with Crippen molar-refractivity contribution in [3.8, 4) is 0 Å². The van der Waals surface area contributed by atoms with E-state index in [4.69, 9.17) is 9.88 Å². The Labute approximate surface area is 156 Å². The predicted molar refractivity (Wildman–Crippen MR) is 99.5 cm³/mol. The van der Waals surface area contributed by atoms with Crippen molar-refractivity contribution in [3.05, 3.63) is 54.1 Å².